The molecule has 2 aromatic heterocycles. The first-order valence-corrected chi connectivity index (χ1v) is 8.63. The fourth-order valence-electron chi connectivity index (χ4n) is 3.17. The van der Waals surface area contributed by atoms with E-state index in [1.165, 1.54) is 19.3 Å². The van der Waals surface area contributed by atoms with Gasteiger partial charge < -0.3 is 14.7 Å². The number of anilines is 1. The Morgan fingerprint density at radius 1 is 1.33 bits per heavy atom. The molecule has 0 bridgehead atoms. The highest BCUT2D eigenvalue weighted by Gasteiger charge is 2.20. The van der Waals surface area contributed by atoms with Gasteiger partial charge in [0.25, 0.3) is 5.91 Å². The largest absolute Gasteiger partial charge is 0.361 e. The van der Waals surface area contributed by atoms with Crippen LogP contribution in [0.15, 0.2) is 22.9 Å². The molecule has 2 aromatic rings. The molecule has 0 saturated carbocycles. The van der Waals surface area contributed by atoms with E-state index in [-0.39, 0.29) is 5.91 Å². The highest BCUT2D eigenvalue weighted by atomic mass is 16.5. The number of hydrogen-bond donors (Lipinski definition) is 1. The zero-order valence-electron chi connectivity index (χ0n) is 14.3. The maximum Gasteiger partial charge on any atom is 0.257 e. The van der Waals surface area contributed by atoms with Crippen molar-refractivity contribution in [2.75, 3.05) is 18.0 Å². The lowest BCUT2D eigenvalue weighted by Gasteiger charge is -2.29. The number of aryl methyl sites for hydroxylation is 2. The summed E-state index contributed by atoms with van der Waals surface area (Å²) in [5, 5.41) is 6.94. The van der Waals surface area contributed by atoms with Crippen molar-refractivity contribution in [3.8, 4) is 0 Å². The molecule has 1 aliphatic heterocycles. The molecule has 6 heteroatoms. The van der Waals surface area contributed by atoms with Crippen molar-refractivity contribution in [2.24, 2.45) is 0 Å². The second-order valence-electron chi connectivity index (χ2n) is 6.13. The van der Waals surface area contributed by atoms with E-state index in [2.05, 4.69) is 20.4 Å². The summed E-state index contributed by atoms with van der Waals surface area (Å²) >= 11 is 0. The third kappa shape index (κ3) is 3.42. The van der Waals surface area contributed by atoms with Crippen molar-refractivity contribution >= 4 is 11.7 Å². The van der Waals surface area contributed by atoms with E-state index < -0.39 is 0 Å². The topological polar surface area (TPSA) is 71.3 Å². The van der Waals surface area contributed by atoms with Crippen LogP contribution in [0.5, 0.6) is 0 Å². The van der Waals surface area contributed by atoms with Crippen molar-refractivity contribution in [1.82, 2.24) is 15.5 Å². The lowest BCUT2D eigenvalue weighted by Crippen LogP contribution is -2.32. The predicted molar refractivity (Wildman–Crippen MR) is 92.1 cm³/mol. The fraction of sp³-hybridized carbons (Fsp3) is 0.500. The van der Waals surface area contributed by atoms with Crippen LogP contribution in [0.1, 0.15) is 53.6 Å². The third-order valence-corrected chi connectivity index (χ3v) is 4.46. The van der Waals surface area contributed by atoms with E-state index in [9.17, 15) is 4.79 Å². The molecule has 1 saturated heterocycles. The van der Waals surface area contributed by atoms with Crippen LogP contribution >= 0.6 is 0 Å². The molecule has 24 heavy (non-hydrogen) atoms. The summed E-state index contributed by atoms with van der Waals surface area (Å²) in [7, 11) is 0. The van der Waals surface area contributed by atoms with Crippen LogP contribution in [0.3, 0.4) is 0 Å². The summed E-state index contributed by atoms with van der Waals surface area (Å²) in [6.45, 7) is 6.24. The number of piperidine rings is 1. The molecule has 3 rings (SSSR count). The molecule has 0 atom stereocenters. The summed E-state index contributed by atoms with van der Waals surface area (Å²) in [4.78, 5) is 19.4. The minimum Gasteiger partial charge on any atom is -0.361 e. The molecular formula is C18H24N4O2. The van der Waals surface area contributed by atoms with Crippen LogP contribution in [0.2, 0.25) is 0 Å². The fourth-order valence-corrected chi connectivity index (χ4v) is 3.17. The minimum absolute atomic E-state index is 0.140. The molecule has 128 valence electrons. The highest BCUT2D eigenvalue weighted by molar-refractivity contribution is 5.96. The molecule has 0 aliphatic carbocycles. The Bertz CT molecular complexity index is 705. The Morgan fingerprint density at radius 3 is 2.88 bits per heavy atom. The van der Waals surface area contributed by atoms with Crippen LogP contribution in [-0.2, 0) is 13.0 Å². The molecule has 1 N–H and O–H groups in total. The van der Waals surface area contributed by atoms with Gasteiger partial charge in [-0.3, -0.25) is 4.79 Å². The summed E-state index contributed by atoms with van der Waals surface area (Å²) in [5.74, 6) is 1.40. The lowest BCUT2D eigenvalue weighted by molar-refractivity contribution is 0.0948. The number of hydrogen-bond acceptors (Lipinski definition) is 5. The molecule has 1 amide bonds. The number of carbonyl (C=O) groups is 1. The monoisotopic (exact) mass is 328 g/mol. The molecular weight excluding hydrogens is 304 g/mol. The van der Waals surface area contributed by atoms with Gasteiger partial charge in [0.1, 0.15) is 17.1 Å². The van der Waals surface area contributed by atoms with Crippen LogP contribution in [0, 0.1) is 6.92 Å². The lowest BCUT2D eigenvalue weighted by atomic mass is 10.1. The smallest absolute Gasteiger partial charge is 0.257 e. The molecule has 0 aromatic carbocycles. The Kier molecular flexibility index (Phi) is 5.13. The first-order chi connectivity index (χ1) is 11.7. The van der Waals surface area contributed by atoms with Gasteiger partial charge in [-0.05, 0) is 38.7 Å². The van der Waals surface area contributed by atoms with Crippen molar-refractivity contribution < 1.29 is 9.32 Å². The van der Waals surface area contributed by atoms with Gasteiger partial charge in [0.2, 0.25) is 0 Å². The number of nitrogens with one attached hydrogen (secondary N) is 1. The molecule has 3 heterocycles. The van der Waals surface area contributed by atoms with Gasteiger partial charge >= 0.3 is 0 Å². The average molecular weight is 328 g/mol. The van der Waals surface area contributed by atoms with Gasteiger partial charge in [-0.1, -0.05) is 18.1 Å². The second kappa shape index (κ2) is 7.47. The zero-order chi connectivity index (χ0) is 16.9. The number of aromatic nitrogens is 2. The molecule has 0 spiro atoms. The first kappa shape index (κ1) is 16.5. The van der Waals surface area contributed by atoms with Crippen LogP contribution < -0.4 is 10.2 Å². The van der Waals surface area contributed by atoms with Crippen molar-refractivity contribution in [1.29, 1.82) is 0 Å². The Hall–Kier alpha value is -2.37. The van der Waals surface area contributed by atoms with Crippen LogP contribution in [0.25, 0.3) is 0 Å². The van der Waals surface area contributed by atoms with Crippen LogP contribution in [-0.4, -0.2) is 29.1 Å². The summed E-state index contributed by atoms with van der Waals surface area (Å²) < 4.78 is 5.15. The van der Waals surface area contributed by atoms with Crippen molar-refractivity contribution in [3.63, 3.8) is 0 Å². The van der Waals surface area contributed by atoms with Crippen molar-refractivity contribution in [3.05, 3.63) is 40.9 Å². The van der Waals surface area contributed by atoms with E-state index in [1.807, 2.05) is 25.3 Å². The molecule has 1 aliphatic rings. The van der Waals surface area contributed by atoms with Crippen molar-refractivity contribution in [2.45, 2.75) is 46.1 Å². The second-order valence-corrected chi connectivity index (χ2v) is 6.13. The zero-order valence-corrected chi connectivity index (χ0v) is 14.3. The number of amides is 1. The molecule has 0 radical (unpaired) electrons. The van der Waals surface area contributed by atoms with E-state index >= 15 is 0 Å². The van der Waals surface area contributed by atoms with Gasteiger partial charge in [-0.2, -0.15) is 0 Å². The Balaban J connectivity index is 1.72. The summed E-state index contributed by atoms with van der Waals surface area (Å²) in [6, 6.07) is 3.94. The van der Waals surface area contributed by atoms with Crippen LogP contribution in [0.4, 0.5) is 5.82 Å². The molecule has 6 nitrogen and oxygen atoms in total. The maximum atomic E-state index is 12.5. The summed E-state index contributed by atoms with van der Waals surface area (Å²) in [6.07, 6.45) is 6.16. The number of nitrogens with zero attached hydrogens (tertiary/aromatic N) is 3. The van der Waals surface area contributed by atoms with E-state index in [4.69, 9.17) is 4.52 Å². The number of pyridine rings is 1. The van der Waals surface area contributed by atoms with Gasteiger partial charge in [-0.15, -0.1) is 0 Å². The van der Waals surface area contributed by atoms with Gasteiger partial charge in [0.05, 0.1) is 5.69 Å². The van der Waals surface area contributed by atoms with E-state index in [1.54, 1.807) is 6.92 Å². The standard InChI is InChI=1S/C18H24N4O2/c1-3-15-16(13(2)24-21-15)18(23)20-12-14-8-7-9-19-17(14)22-10-5-4-6-11-22/h7-9H,3-6,10-12H2,1-2H3,(H,20,23). The van der Waals surface area contributed by atoms with E-state index in [0.717, 1.165) is 24.5 Å². The molecule has 0 unspecified atom stereocenters. The average Bonchev–Trinajstić information content (AvgIpc) is 3.01. The maximum absolute atomic E-state index is 12.5. The quantitative estimate of drug-likeness (QED) is 0.914. The molecule has 1 fully saturated rings. The number of carbonyl (C=O) groups excluding carboxylic acids is 1. The first-order valence-electron chi connectivity index (χ1n) is 8.63. The summed E-state index contributed by atoms with van der Waals surface area (Å²) in [5.41, 5.74) is 2.30. The normalized spacial score (nSPS) is 14.7. The minimum atomic E-state index is -0.140. The van der Waals surface area contributed by atoms with Gasteiger partial charge in [0.15, 0.2) is 0 Å². The van der Waals surface area contributed by atoms with E-state index in [0.29, 0.717) is 30.0 Å². The van der Waals surface area contributed by atoms with Gasteiger partial charge in [0, 0.05) is 31.4 Å². The third-order valence-electron chi connectivity index (χ3n) is 4.46. The highest BCUT2D eigenvalue weighted by Crippen LogP contribution is 2.22. The SMILES string of the molecule is CCc1noc(C)c1C(=O)NCc1cccnc1N1CCCCC1. The Labute approximate surface area is 142 Å². The number of rotatable bonds is 5. The Morgan fingerprint density at radius 2 is 2.12 bits per heavy atom. The predicted octanol–water partition coefficient (Wildman–Crippen LogP) is 2.86. The van der Waals surface area contributed by atoms with Gasteiger partial charge in [-0.25, -0.2) is 4.98 Å².